The molecule has 0 saturated carbocycles. The summed E-state index contributed by atoms with van der Waals surface area (Å²) in [6.45, 7) is 0. The Balaban J connectivity index is 2.63. The second-order valence-corrected chi connectivity index (χ2v) is 3.98. The predicted octanol–water partition coefficient (Wildman–Crippen LogP) is 1.55. The fourth-order valence-electron chi connectivity index (χ4n) is 1.52. The summed E-state index contributed by atoms with van der Waals surface area (Å²) in [4.78, 5) is 13.0. The molecule has 0 bridgehead atoms. The minimum atomic E-state index is 0.112. The van der Waals surface area contributed by atoms with Gasteiger partial charge in [0.1, 0.15) is 0 Å². The van der Waals surface area contributed by atoms with Crippen molar-refractivity contribution in [2.75, 3.05) is 17.7 Å². The SMILES string of the molecule is CN1C(=O)Cc2c(Br)cc(N)cc21. The van der Waals surface area contributed by atoms with E-state index in [0.717, 1.165) is 15.7 Å². The Kier molecular flexibility index (Phi) is 1.80. The van der Waals surface area contributed by atoms with E-state index in [-0.39, 0.29) is 5.91 Å². The molecule has 2 N–H and O–H groups in total. The first-order chi connectivity index (χ1) is 6.09. The van der Waals surface area contributed by atoms with Crippen LogP contribution in [0, 0.1) is 0 Å². The van der Waals surface area contributed by atoms with Gasteiger partial charge in [-0.25, -0.2) is 0 Å². The van der Waals surface area contributed by atoms with E-state index < -0.39 is 0 Å². The lowest BCUT2D eigenvalue weighted by Gasteiger charge is -2.10. The summed E-state index contributed by atoms with van der Waals surface area (Å²) < 4.78 is 0.917. The lowest BCUT2D eigenvalue weighted by molar-refractivity contribution is -0.117. The zero-order valence-corrected chi connectivity index (χ0v) is 8.76. The molecule has 13 heavy (non-hydrogen) atoms. The molecular formula is C9H9BrN2O. The maximum Gasteiger partial charge on any atom is 0.231 e. The number of fused-ring (bicyclic) bond motifs is 1. The first-order valence-electron chi connectivity index (χ1n) is 3.94. The van der Waals surface area contributed by atoms with Crippen LogP contribution >= 0.6 is 15.9 Å². The van der Waals surface area contributed by atoms with Gasteiger partial charge in [0.2, 0.25) is 5.91 Å². The van der Waals surface area contributed by atoms with Crippen LogP contribution in [0.2, 0.25) is 0 Å². The van der Waals surface area contributed by atoms with Crippen molar-refractivity contribution >= 4 is 33.2 Å². The molecule has 68 valence electrons. The highest BCUT2D eigenvalue weighted by Crippen LogP contribution is 2.35. The molecule has 0 aliphatic carbocycles. The van der Waals surface area contributed by atoms with E-state index in [1.54, 1.807) is 11.9 Å². The van der Waals surface area contributed by atoms with Crippen LogP contribution in [0.4, 0.5) is 11.4 Å². The first-order valence-corrected chi connectivity index (χ1v) is 4.73. The second kappa shape index (κ2) is 2.73. The number of hydrogen-bond donors (Lipinski definition) is 1. The topological polar surface area (TPSA) is 46.3 Å². The van der Waals surface area contributed by atoms with Crippen molar-refractivity contribution in [3.05, 3.63) is 22.2 Å². The fraction of sp³-hybridized carbons (Fsp3) is 0.222. The van der Waals surface area contributed by atoms with Crippen LogP contribution in [0.5, 0.6) is 0 Å². The van der Waals surface area contributed by atoms with Crippen molar-refractivity contribution < 1.29 is 4.79 Å². The molecule has 1 aromatic carbocycles. The number of halogens is 1. The van der Waals surface area contributed by atoms with Gasteiger partial charge in [-0.2, -0.15) is 0 Å². The average Bonchev–Trinajstić information content (AvgIpc) is 2.32. The van der Waals surface area contributed by atoms with Crippen LogP contribution in [0.3, 0.4) is 0 Å². The van der Waals surface area contributed by atoms with Crippen LogP contribution in [-0.2, 0) is 11.2 Å². The predicted molar refractivity (Wildman–Crippen MR) is 55.7 cm³/mol. The molecule has 1 aliphatic rings. The van der Waals surface area contributed by atoms with Gasteiger partial charge < -0.3 is 10.6 Å². The zero-order valence-electron chi connectivity index (χ0n) is 7.17. The van der Waals surface area contributed by atoms with Crippen LogP contribution in [-0.4, -0.2) is 13.0 Å². The third kappa shape index (κ3) is 1.21. The summed E-state index contributed by atoms with van der Waals surface area (Å²) in [5, 5.41) is 0. The quantitative estimate of drug-likeness (QED) is 0.700. The number of carbonyl (C=O) groups is 1. The number of nitrogens with zero attached hydrogens (tertiary/aromatic N) is 1. The van der Waals surface area contributed by atoms with Crippen LogP contribution < -0.4 is 10.6 Å². The fourth-order valence-corrected chi connectivity index (χ4v) is 2.13. The maximum atomic E-state index is 11.4. The van der Waals surface area contributed by atoms with Gasteiger partial charge in [0.25, 0.3) is 0 Å². The summed E-state index contributed by atoms with van der Waals surface area (Å²) in [5.41, 5.74) is 8.29. The minimum Gasteiger partial charge on any atom is -0.399 e. The zero-order chi connectivity index (χ0) is 9.59. The number of rotatable bonds is 0. The van der Waals surface area contributed by atoms with Crippen molar-refractivity contribution in [3.8, 4) is 0 Å². The Morgan fingerprint density at radius 2 is 2.23 bits per heavy atom. The number of anilines is 2. The summed E-state index contributed by atoms with van der Waals surface area (Å²) in [7, 11) is 1.76. The molecule has 1 aromatic rings. The molecule has 1 amide bonds. The molecule has 0 radical (unpaired) electrons. The van der Waals surface area contributed by atoms with E-state index in [4.69, 9.17) is 5.73 Å². The molecule has 0 saturated heterocycles. The van der Waals surface area contributed by atoms with E-state index in [0.29, 0.717) is 12.1 Å². The monoisotopic (exact) mass is 240 g/mol. The van der Waals surface area contributed by atoms with Gasteiger partial charge in [0.15, 0.2) is 0 Å². The number of carbonyl (C=O) groups excluding carboxylic acids is 1. The van der Waals surface area contributed by atoms with E-state index in [1.807, 2.05) is 12.1 Å². The van der Waals surface area contributed by atoms with E-state index >= 15 is 0 Å². The highest BCUT2D eigenvalue weighted by atomic mass is 79.9. The van der Waals surface area contributed by atoms with E-state index in [1.165, 1.54) is 0 Å². The van der Waals surface area contributed by atoms with Gasteiger partial charge in [-0.3, -0.25) is 4.79 Å². The highest BCUT2D eigenvalue weighted by molar-refractivity contribution is 9.10. The van der Waals surface area contributed by atoms with Gasteiger partial charge in [-0.05, 0) is 17.7 Å². The summed E-state index contributed by atoms with van der Waals surface area (Å²) in [5.74, 6) is 0.112. The number of likely N-dealkylation sites (N-methyl/N-ethyl adjacent to an activating group) is 1. The van der Waals surface area contributed by atoms with Crippen molar-refractivity contribution in [3.63, 3.8) is 0 Å². The molecule has 0 fully saturated rings. The van der Waals surface area contributed by atoms with Gasteiger partial charge in [0, 0.05) is 17.2 Å². The standard InChI is InChI=1S/C9H9BrN2O/c1-12-8-3-5(11)2-7(10)6(8)4-9(12)13/h2-3H,4,11H2,1H3. The highest BCUT2D eigenvalue weighted by Gasteiger charge is 2.25. The van der Waals surface area contributed by atoms with Crippen LogP contribution in [0.1, 0.15) is 5.56 Å². The van der Waals surface area contributed by atoms with E-state index in [9.17, 15) is 4.79 Å². The van der Waals surface area contributed by atoms with Gasteiger partial charge in [-0.15, -0.1) is 0 Å². The summed E-state index contributed by atoms with van der Waals surface area (Å²) in [6, 6.07) is 3.65. The Bertz CT molecular complexity index is 389. The number of nitrogen functional groups attached to an aromatic ring is 1. The van der Waals surface area contributed by atoms with Gasteiger partial charge in [0.05, 0.1) is 12.1 Å². The second-order valence-electron chi connectivity index (χ2n) is 3.13. The van der Waals surface area contributed by atoms with Crippen molar-refractivity contribution in [1.29, 1.82) is 0 Å². The third-order valence-corrected chi connectivity index (χ3v) is 2.97. The Hall–Kier alpha value is -1.03. The third-order valence-electron chi connectivity index (χ3n) is 2.26. The summed E-state index contributed by atoms with van der Waals surface area (Å²) in [6.07, 6.45) is 0.465. The lowest BCUT2D eigenvalue weighted by Crippen LogP contribution is -2.20. The number of hydrogen-bond acceptors (Lipinski definition) is 2. The normalized spacial score (nSPS) is 14.9. The molecule has 0 spiro atoms. The van der Waals surface area contributed by atoms with Crippen LogP contribution in [0.25, 0.3) is 0 Å². The number of nitrogens with two attached hydrogens (primary N) is 1. The lowest BCUT2D eigenvalue weighted by atomic mass is 10.1. The van der Waals surface area contributed by atoms with Gasteiger partial charge >= 0.3 is 0 Å². The molecule has 2 rings (SSSR count). The van der Waals surface area contributed by atoms with Crippen molar-refractivity contribution in [2.24, 2.45) is 0 Å². The Morgan fingerprint density at radius 3 is 2.92 bits per heavy atom. The molecule has 0 aromatic heterocycles. The molecule has 0 atom stereocenters. The number of benzene rings is 1. The van der Waals surface area contributed by atoms with Crippen molar-refractivity contribution in [1.82, 2.24) is 0 Å². The van der Waals surface area contributed by atoms with Gasteiger partial charge in [-0.1, -0.05) is 15.9 Å². The Morgan fingerprint density at radius 1 is 1.54 bits per heavy atom. The molecule has 3 nitrogen and oxygen atoms in total. The maximum absolute atomic E-state index is 11.4. The average molecular weight is 241 g/mol. The number of amides is 1. The largest absolute Gasteiger partial charge is 0.399 e. The summed E-state index contributed by atoms with van der Waals surface area (Å²) >= 11 is 3.39. The van der Waals surface area contributed by atoms with E-state index in [2.05, 4.69) is 15.9 Å². The molecular weight excluding hydrogens is 232 g/mol. The minimum absolute atomic E-state index is 0.112. The molecule has 4 heteroatoms. The Labute approximate surface area is 84.6 Å². The molecule has 1 aliphatic heterocycles. The van der Waals surface area contributed by atoms with Crippen molar-refractivity contribution in [2.45, 2.75) is 6.42 Å². The van der Waals surface area contributed by atoms with Crippen LogP contribution in [0.15, 0.2) is 16.6 Å². The smallest absolute Gasteiger partial charge is 0.231 e. The molecule has 1 heterocycles. The molecule has 0 unspecified atom stereocenters. The first kappa shape index (κ1) is 8.56.